The van der Waals surface area contributed by atoms with Crippen LogP contribution in [0.2, 0.25) is 0 Å². The zero-order valence-electron chi connectivity index (χ0n) is 19.8. The van der Waals surface area contributed by atoms with E-state index in [1.54, 1.807) is 42.5 Å². The molecule has 2 aromatic carbocycles. The highest BCUT2D eigenvalue weighted by Crippen LogP contribution is 2.38. The summed E-state index contributed by atoms with van der Waals surface area (Å²) < 4.78 is 72.5. The molecular weight excluding hydrogens is 536 g/mol. The number of halogens is 6. The van der Waals surface area contributed by atoms with Crippen molar-refractivity contribution < 1.29 is 45.8 Å². The first kappa shape index (κ1) is 28.7. The molecule has 0 spiro atoms. The number of carboxylic acid groups (broad SMARTS) is 1. The quantitative estimate of drug-likeness (QED) is 0.256. The molecule has 1 aromatic heterocycles. The summed E-state index contributed by atoms with van der Waals surface area (Å²) in [5, 5.41) is 18.2. The Kier molecular flexibility index (Phi) is 8.32. The molecule has 5 N–H and O–H groups in total. The smallest absolute Gasteiger partial charge is 0.475 e. The molecule has 1 aliphatic heterocycles. The minimum absolute atomic E-state index is 0.117. The van der Waals surface area contributed by atoms with Crippen LogP contribution in [0.15, 0.2) is 54.7 Å². The van der Waals surface area contributed by atoms with Crippen molar-refractivity contribution in [1.82, 2.24) is 4.98 Å². The summed E-state index contributed by atoms with van der Waals surface area (Å²) in [6.45, 7) is 1.31. The van der Waals surface area contributed by atoms with Crippen molar-refractivity contribution in [2.24, 2.45) is 0 Å². The lowest BCUT2D eigenvalue weighted by molar-refractivity contribution is -0.192. The van der Waals surface area contributed by atoms with Crippen molar-refractivity contribution in [3.63, 3.8) is 0 Å². The summed E-state index contributed by atoms with van der Waals surface area (Å²) in [6.07, 6.45) is -8.75. The Labute approximate surface area is 216 Å². The number of nitrogens with one attached hydrogen (secondary N) is 4. The minimum Gasteiger partial charge on any atom is -0.475 e. The van der Waals surface area contributed by atoms with Gasteiger partial charge >= 0.3 is 18.3 Å². The van der Waals surface area contributed by atoms with Crippen LogP contribution in [0, 0.1) is 0 Å². The molecule has 1 aliphatic rings. The van der Waals surface area contributed by atoms with E-state index in [2.05, 4.69) is 26.3 Å². The van der Waals surface area contributed by atoms with Crippen LogP contribution < -0.4 is 21.3 Å². The molecule has 0 atom stereocenters. The van der Waals surface area contributed by atoms with Crippen molar-refractivity contribution in [1.29, 1.82) is 0 Å². The van der Waals surface area contributed by atoms with E-state index in [9.17, 15) is 35.9 Å². The molecule has 0 radical (unpaired) electrons. The number of rotatable bonds is 5. The van der Waals surface area contributed by atoms with Crippen LogP contribution in [-0.2, 0) is 27.0 Å². The molecule has 3 aromatic rings. The normalized spacial score (nSPS) is 12.4. The van der Waals surface area contributed by atoms with Crippen LogP contribution in [0.5, 0.6) is 0 Å². The standard InChI is InChI=1S/C22H18F3N5O2.C2HF3O2/c1-12(31)27-17-4-2-3-5-18(17)29-19-10-20(26-11-15(19)22(23,24)25)28-14-6-7-16-13(8-14)9-21(32)30-16;3-2(4,5)1(6)7/h2-8,10-11H,9H2,1H3,(H,27,31)(H,30,32)(H2,26,28,29);(H,6,7). The topological polar surface area (TPSA) is 132 Å². The Morgan fingerprint density at radius 1 is 0.949 bits per heavy atom. The minimum atomic E-state index is -5.08. The van der Waals surface area contributed by atoms with E-state index >= 15 is 0 Å². The molecule has 0 saturated heterocycles. The number of carboxylic acids is 1. The summed E-state index contributed by atoms with van der Waals surface area (Å²) >= 11 is 0. The van der Waals surface area contributed by atoms with Gasteiger partial charge in [-0.25, -0.2) is 9.78 Å². The van der Waals surface area contributed by atoms with Crippen molar-refractivity contribution in [2.45, 2.75) is 25.7 Å². The highest BCUT2D eigenvalue weighted by molar-refractivity contribution is 5.99. The molecule has 0 saturated carbocycles. The molecule has 0 aliphatic carbocycles. The second-order valence-corrected chi connectivity index (χ2v) is 7.99. The zero-order valence-corrected chi connectivity index (χ0v) is 19.8. The SMILES string of the molecule is CC(=O)Nc1ccccc1Nc1cc(Nc2ccc3c(c2)CC(=O)N3)ncc1C(F)(F)F.O=C(O)C(F)(F)F. The van der Waals surface area contributed by atoms with Gasteiger partial charge < -0.3 is 26.4 Å². The Morgan fingerprint density at radius 2 is 1.59 bits per heavy atom. The van der Waals surface area contributed by atoms with Crippen molar-refractivity contribution >= 4 is 52.0 Å². The second kappa shape index (κ2) is 11.3. The van der Waals surface area contributed by atoms with Crippen LogP contribution in [0.25, 0.3) is 0 Å². The van der Waals surface area contributed by atoms with E-state index in [0.29, 0.717) is 22.7 Å². The van der Waals surface area contributed by atoms with Crippen LogP contribution >= 0.6 is 0 Å². The zero-order chi connectivity index (χ0) is 29.0. The first-order valence-corrected chi connectivity index (χ1v) is 10.8. The fraction of sp³-hybridized carbons (Fsp3) is 0.167. The molecule has 39 heavy (non-hydrogen) atoms. The third-order valence-electron chi connectivity index (χ3n) is 4.96. The van der Waals surface area contributed by atoms with Crippen LogP contribution in [-0.4, -0.2) is 34.1 Å². The average molecular weight is 555 g/mol. The van der Waals surface area contributed by atoms with Gasteiger partial charge in [-0.2, -0.15) is 26.3 Å². The second-order valence-electron chi connectivity index (χ2n) is 7.99. The molecule has 0 unspecified atom stereocenters. The van der Waals surface area contributed by atoms with Gasteiger partial charge in [-0.05, 0) is 35.9 Å². The molecular formula is C24H19F6N5O4. The molecule has 2 amide bonds. The highest BCUT2D eigenvalue weighted by Gasteiger charge is 2.38. The third-order valence-corrected chi connectivity index (χ3v) is 4.96. The van der Waals surface area contributed by atoms with E-state index in [4.69, 9.17) is 9.90 Å². The predicted octanol–water partition coefficient (Wildman–Crippen LogP) is 5.67. The lowest BCUT2D eigenvalue weighted by atomic mass is 10.1. The van der Waals surface area contributed by atoms with Gasteiger partial charge in [-0.3, -0.25) is 9.59 Å². The Bertz CT molecular complexity index is 1410. The first-order valence-electron chi connectivity index (χ1n) is 10.8. The average Bonchev–Trinajstić information content (AvgIpc) is 3.18. The molecule has 0 bridgehead atoms. The Morgan fingerprint density at radius 3 is 2.18 bits per heavy atom. The van der Waals surface area contributed by atoms with E-state index < -0.39 is 23.9 Å². The first-order chi connectivity index (χ1) is 18.1. The molecule has 4 rings (SSSR count). The number of nitrogens with zero attached hydrogens (tertiary/aromatic N) is 1. The van der Waals surface area contributed by atoms with Crippen LogP contribution in [0.4, 0.5) is 60.6 Å². The highest BCUT2D eigenvalue weighted by atomic mass is 19.4. The molecule has 206 valence electrons. The van der Waals surface area contributed by atoms with Gasteiger partial charge in [0.25, 0.3) is 0 Å². The number of anilines is 6. The number of hydrogen-bond donors (Lipinski definition) is 5. The Hall–Kier alpha value is -4.82. The monoisotopic (exact) mass is 555 g/mol. The number of fused-ring (bicyclic) bond motifs is 1. The van der Waals surface area contributed by atoms with Crippen molar-refractivity contribution in [2.75, 3.05) is 21.3 Å². The van der Waals surface area contributed by atoms with E-state index in [1.807, 2.05) is 0 Å². The van der Waals surface area contributed by atoms with Crippen molar-refractivity contribution in [3.05, 3.63) is 65.9 Å². The van der Waals surface area contributed by atoms with E-state index in [0.717, 1.165) is 11.8 Å². The number of pyridine rings is 1. The molecule has 9 nitrogen and oxygen atoms in total. The summed E-state index contributed by atoms with van der Waals surface area (Å²) in [6, 6.07) is 12.8. The van der Waals surface area contributed by atoms with Gasteiger partial charge in [0.05, 0.1) is 29.0 Å². The molecule has 2 heterocycles. The maximum atomic E-state index is 13.6. The molecule has 15 heteroatoms. The number of carbonyl (C=O) groups is 3. The number of aromatic nitrogens is 1. The summed E-state index contributed by atoms with van der Waals surface area (Å²) in [7, 11) is 0. The summed E-state index contributed by atoms with van der Waals surface area (Å²) in [4.78, 5) is 35.8. The summed E-state index contributed by atoms with van der Waals surface area (Å²) in [5.41, 5.74) is 1.53. The van der Waals surface area contributed by atoms with Crippen molar-refractivity contribution in [3.8, 4) is 0 Å². The number of alkyl halides is 6. The van der Waals surface area contributed by atoms with E-state index in [1.165, 1.54) is 13.0 Å². The summed E-state index contributed by atoms with van der Waals surface area (Å²) in [5.74, 6) is -3.05. The predicted molar refractivity (Wildman–Crippen MR) is 129 cm³/mol. The maximum absolute atomic E-state index is 13.6. The van der Waals surface area contributed by atoms with Crippen LogP contribution in [0.3, 0.4) is 0 Å². The number of amides is 2. The number of para-hydroxylation sites is 2. The lowest BCUT2D eigenvalue weighted by Crippen LogP contribution is -2.21. The number of carbonyl (C=O) groups excluding carboxylic acids is 2. The third kappa shape index (κ3) is 7.83. The van der Waals surface area contributed by atoms with Gasteiger partial charge in [0.15, 0.2) is 0 Å². The van der Waals surface area contributed by atoms with E-state index in [-0.39, 0.29) is 29.7 Å². The lowest BCUT2D eigenvalue weighted by Gasteiger charge is -2.18. The number of hydrogen-bond acceptors (Lipinski definition) is 6. The van der Waals surface area contributed by atoms with Gasteiger partial charge in [0.1, 0.15) is 5.82 Å². The van der Waals surface area contributed by atoms with Gasteiger partial charge in [-0.15, -0.1) is 0 Å². The van der Waals surface area contributed by atoms with Gasteiger partial charge in [-0.1, -0.05) is 12.1 Å². The fourth-order valence-electron chi connectivity index (χ4n) is 3.34. The van der Waals surface area contributed by atoms with Crippen LogP contribution in [0.1, 0.15) is 18.1 Å². The maximum Gasteiger partial charge on any atom is 0.490 e. The Balaban J connectivity index is 0.000000532. The largest absolute Gasteiger partial charge is 0.490 e. The van der Waals surface area contributed by atoms with Gasteiger partial charge in [0.2, 0.25) is 11.8 Å². The fourth-order valence-corrected chi connectivity index (χ4v) is 3.34. The van der Waals surface area contributed by atoms with Gasteiger partial charge in [0, 0.05) is 30.6 Å². The molecule has 0 fully saturated rings. The number of aliphatic carboxylic acids is 1. The number of benzene rings is 2.